The van der Waals surface area contributed by atoms with Gasteiger partial charge in [-0.3, -0.25) is 9.69 Å². The first-order chi connectivity index (χ1) is 10.8. The van der Waals surface area contributed by atoms with Gasteiger partial charge in [-0.25, -0.2) is 0 Å². The number of alkyl halides is 3. The van der Waals surface area contributed by atoms with Crippen molar-refractivity contribution in [1.29, 1.82) is 0 Å². The molecule has 1 heterocycles. The van der Waals surface area contributed by atoms with E-state index in [1.165, 1.54) is 0 Å². The molecule has 0 aliphatic rings. The molecule has 124 valence electrons. The second-order valence-corrected chi connectivity index (χ2v) is 6.23. The highest BCUT2D eigenvalue weighted by Crippen LogP contribution is 2.33. The number of thiophene rings is 1. The van der Waals surface area contributed by atoms with Crippen LogP contribution in [0.3, 0.4) is 0 Å². The molecule has 0 saturated carbocycles. The van der Waals surface area contributed by atoms with Crippen molar-refractivity contribution in [2.24, 2.45) is 0 Å². The van der Waals surface area contributed by atoms with Crippen molar-refractivity contribution in [3.05, 3.63) is 51.2 Å². The van der Waals surface area contributed by atoms with Gasteiger partial charge in [-0.2, -0.15) is 24.5 Å². The summed E-state index contributed by atoms with van der Waals surface area (Å²) in [6, 6.07) is 4.78. The van der Waals surface area contributed by atoms with E-state index in [0.717, 1.165) is 23.8 Å². The maximum atomic E-state index is 12.7. The number of carbonyl (C=O) groups is 1. The van der Waals surface area contributed by atoms with Gasteiger partial charge in [-0.1, -0.05) is 11.6 Å². The Kier molecular flexibility index (Phi) is 5.67. The molecule has 0 spiro atoms. The van der Waals surface area contributed by atoms with Gasteiger partial charge in [0.15, 0.2) is 0 Å². The largest absolute Gasteiger partial charge is 0.416 e. The monoisotopic (exact) mass is 362 g/mol. The molecule has 1 aromatic carbocycles. The van der Waals surface area contributed by atoms with Gasteiger partial charge in [0.1, 0.15) is 0 Å². The summed E-state index contributed by atoms with van der Waals surface area (Å²) in [6.07, 6.45) is -4.49. The van der Waals surface area contributed by atoms with E-state index in [9.17, 15) is 18.0 Å². The van der Waals surface area contributed by atoms with Crippen molar-refractivity contribution in [3.8, 4) is 0 Å². The van der Waals surface area contributed by atoms with Crippen molar-refractivity contribution in [2.45, 2.75) is 12.7 Å². The van der Waals surface area contributed by atoms with Gasteiger partial charge < -0.3 is 5.32 Å². The van der Waals surface area contributed by atoms with Crippen LogP contribution in [0.15, 0.2) is 35.0 Å². The van der Waals surface area contributed by atoms with Crippen LogP contribution in [0.1, 0.15) is 11.1 Å². The molecule has 0 aliphatic heterocycles. The molecule has 0 bridgehead atoms. The highest BCUT2D eigenvalue weighted by molar-refractivity contribution is 7.07. The average molecular weight is 363 g/mol. The predicted octanol–water partition coefficient (Wildman–Crippen LogP) is 4.49. The van der Waals surface area contributed by atoms with Gasteiger partial charge in [0, 0.05) is 6.54 Å². The number of benzene rings is 1. The SMILES string of the molecule is CN(CC(=O)Nc1cc(C(F)(F)F)ccc1Cl)Cc1ccsc1. The highest BCUT2D eigenvalue weighted by Gasteiger charge is 2.31. The maximum Gasteiger partial charge on any atom is 0.416 e. The van der Waals surface area contributed by atoms with Crippen LogP contribution in [0.4, 0.5) is 18.9 Å². The van der Waals surface area contributed by atoms with Crippen molar-refractivity contribution in [3.63, 3.8) is 0 Å². The quantitative estimate of drug-likeness (QED) is 0.849. The van der Waals surface area contributed by atoms with Crippen LogP contribution in [0, 0.1) is 0 Å². The van der Waals surface area contributed by atoms with Crippen LogP contribution in [0.25, 0.3) is 0 Å². The van der Waals surface area contributed by atoms with E-state index in [2.05, 4.69) is 5.32 Å². The topological polar surface area (TPSA) is 32.3 Å². The molecular formula is C15H14ClF3N2OS. The third-order valence-corrected chi connectivity index (χ3v) is 4.08. The molecule has 2 rings (SSSR count). The van der Waals surface area contributed by atoms with Crippen LogP contribution in [-0.2, 0) is 17.5 Å². The average Bonchev–Trinajstić information content (AvgIpc) is 2.92. The summed E-state index contributed by atoms with van der Waals surface area (Å²) in [5.74, 6) is -0.427. The number of halogens is 4. The standard InChI is InChI=1S/C15H14ClF3N2OS/c1-21(7-10-4-5-23-9-10)8-14(22)20-13-6-11(15(17,18)19)2-3-12(13)16/h2-6,9H,7-8H2,1H3,(H,20,22). The number of hydrogen-bond donors (Lipinski definition) is 1. The van der Waals surface area contributed by atoms with E-state index in [1.54, 1.807) is 23.3 Å². The molecule has 0 aliphatic carbocycles. The van der Waals surface area contributed by atoms with Crippen LogP contribution in [0.2, 0.25) is 5.02 Å². The molecule has 0 saturated heterocycles. The number of hydrogen-bond acceptors (Lipinski definition) is 3. The molecular weight excluding hydrogens is 349 g/mol. The van der Waals surface area contributed by atoms with Gasteiger partial charge in [0.2, 0.25) is 5.91 Å². The minimum Gasteiger partial charge on any atom is -0.324 e. The Morgan fingerprint density at radius 3 is 2.70 bits per heavy atom. The predicted molar refractivity (Wildman–Crippen MR) is 85.7 cm³/mol. The van der Waals surface area contributed by atoms with Crippen LogP contribution in [-0.4, -0.2) is 24.4 Å². The fourth-order valence-electron chi connectivity index (χ4n) is 1.98. The normalized spacial score (nSPS) is 11.7. The zero-order valence-corrected chi connectivity index (χ0v) is 13.7. The first-order valence-corrected chi connectivity index (χ1v) is 7.94. The fourth-order valence-corrected chi connectivity index (χ4v) is 2.81. The lowest BCUT2D eigenvalue weighted by Gasteiger charge is -2.16. The Morgan fingerprint density at radius 1 is 1.35 bits per heavy atom. The van der Waals surface area contributed by atoms with E-state index in [1.807, 2.05) is 16.8 Å². The summed E-state index contributed by atoms with van der Waals surface area (Å²) in [6.45, 7) is 0.621. The summed E-state index contributed by atoms with van der Waals surface area (Å²) in [5, 5.41) is 6.39. The number of amides is 1. The maximum absolute atomic E-state index is 12.7. The Bertz CT molecular complexity index is 674. The number of likely N-dealkylation sites (N-methyl/N-ethyl adjacent to an activating group) is 1. The van der Waals surface area contributed by atoms with Crippen LogP contribution >= 0.6 is 22.9 Å². The second-order valence-electron chi connectivity index (χ2n) is 5.04. The zero-order chi connectivity index (χ0) is 17.0. The van der Waals surface area contributed by atoms with Crippen LogP contribution < -0.4 is 5.32 Å². The minimum absolute atomic E-state index is 0.0441. The molecule has 0 unspecified atom stereocenters. The number of carbonyl (C=O) groups excluding carboxylic acids is 1. The van der Waals surface area contributed by atoms with Gasteiger partial charge in [0.25, 0.3) is 0 Å². The van der Waals surface area contributed by atoms with Crippen molar-refractivity contribution >= 4 is 34.5 Å². The lowest BCUT2D eigenvalue weighted by atomic mass is 10.2. The van der Waals surface area contributed by atoms with Crippen molar-refractivity contribution < 1.29 is 18.0 Å². The third-order valence-electron chi connectivity index (χ3n) is 3.01. The molecule has 1 amide bonds. The smallest absolute Gasteiger partial charge is 0.324 e. The summed E-state index contributed by atoms with van der Waals surface area (Å²) >= 11 is 7.41. The Labute approximate surface area is 140 Å². The van der Waals surface area contributed by atoms with Crippen molar-refractivity contribution in [2.75, 3.05) is 18.9 Å². The van der Waals surface area contributed by atoms with E-state index in [4.69, 9.17) is 11.6 Å². The summed E-state index contributed by atoms with van der Waals surface area (Å²) in [5.41, 5.74) is 0.168. The molecule has 1 aromatic heterocycles. The summed E-state index contributed by atoms with van der Waals surface area (Å²) < 4.78 is 38.1. The fraction of sp³-hybridized carbons (Fsp3) is 0.267. The van der Waals surface area contributed by atoms with E-state index < -0.39 is 17.6 Å². The molecule has 0 atom stereocenters. The molecule has 3 nitrogen and oxygen atoms in total. The van der Waals surface area contributed by atoms with Crippen molar-refractivity contribution in [1.82, 2.24) is 4.90 Å². The lowest BCUT2D eigenvalue weighted by molar-refractivity contribution is -0.137. The molecule has 8 heteroatoms. The Hall–Kier alpha value is -1.57. The molecule has 1 N–H and O–H groups in total. The first-order valence-electron chi connectivity index (χ1n) is 6.62. The Morgan fingerprint density at radius 2 is 2.09 bits per heavy atom. The van der Waals surface area contributed by atoms with Gasteiger partial charge in [-0.15, -0.1) is 0 Å². The number of nitrogens with zero attached hydrogens (tertiary/aromatic N) is 1. The van der Waals surface area contributed by atoms with Gasteiger partial charge in [-0.05, 0) is 47.6 Å². The zero-order valence-electron chi connectivity index (χ0n) is 12.2. The molecule has 2 aromatic rings. The third kappa shape index (κ3) is 5.23. The summed E-state index contributed by atoms with van der Waals surface area (Å²) in [4.78, 5) is 13.7. The number of rotatable bonds is 5. The lowest BCUT2D eigenvalue weighted by Crippen LogP contribution is -2.29. The first kappa shape index (κ1) is 17.8. The number of anilines is 1. The summed E-state index contributed by atoms with van der Waals surface area (Å²) in [7, 11) is 1.75. The van der Waals surface area contributed by atoms with E-state index in [0.29, 0.717) is 6.54 Å². The van der Waals surface area contributed by atoms with Crippen LogP contribution in [0.5, 0.6) is 0 Å². The molecule has 23 heavy (non-hydrogen) atoms. The minimum atomic E-state index is -4.49. The Balaban J connectivity index is 1.99. The van der Waals surface area contributed by atoms with Gasteiger partial charge >= 0.3 is 6.18 Å². The van der Waals surface area contributed by atoms with E-state index in [-0.39, 0.29) is 17.3 Å². The second kappa shape index (κ2) is 7.33. The number of nitrogens with one attached hydrogen (secondary N) is 1. The molecule has 0 radical (unpaired) electrons. The molecule has 0 fully saturated rings. The highest BCUT2D eigenvalue weighted by atomic mass is 35.5. The van der Waals surface area contributed by atoms with Gasteiger partial charge in [0.05, 0.1) is 22.8 Å². The van der Waals surface area contributed by atoms with E-state index >= 15 is 0 Å².